The Hall–Kier alpha value is -1.85. The van der Waals surface area contributed by atoms with Crippen LogP contribution >= 0.6 is 0 Å². The molecule has 108 valence electrons. The molecule has 0 aliphatic carbocycles. The van der Waals surface area contributed by atoms with Gasteiger partial charge in [0.2, 0.25) is 0 Å². The zero-order chi connectivity index (χ0) is 14.8. The number of amides is 1. The van der Waals surface area contributed by atoms with E-state index in [2.05, 4.69) is 5.32 Å². The second kappa shape index (κ2) is 5.64. The normalized spacial score (nSPS) is 14.4. The first-order chi connectivity index (χ1) is 9.37. The van der Waals surface area contributed by atoms with Crippen LogP contribution < -0.4 is 5.32 Å². The summed E-state index contributed by atoms with van der Waals surface area (Å²) >= 11 is 0. The van der Waals surface area contributed by atoms with Crippen molar-refractivity contribution in [2.24, 2.45) is 0 Å². The van der Waals surface area contributed by atoms with E-state index in [1.165, 1.54) is 0 Å². The van der Waals surface area contributed by atoms with Crippen LogP contribution in [0.25, 0.3) is 11.0 Å². The van der Waals surface area contributed by atoms with E-state index in [0.717, 1.165) is 5.39 Å². The molecule has 0 saturated carbocycles. The molecule has 5 heteroatoms. The van der Waals surface area contributed by atoms with Crippen LogP contribution in [0, 0.1) is 0 Å². The van der Waals surface area contributed by atoms with Crippen molar-refractivity contribution in [2.45, 2.75) is 12.5 Å². The van der Waals surface area contributed by atoms with Gasteiger partial charge in [0.05, 0.1) is 5.60 Å². The second-order valence-corrected chi connectivity index (χ2v) is 5.57. The molecule has 20 heavy (non-hydrogen) atoms. The molecule has 1 heterocycles. The molecule has 0 fully saturated rings. The fourth-order valence-corrected chi connectivity index (χ4v) is 2.19. The predicted octanol–water partition coefficient (Wildman–Crippen LogP) is 1.48. The number of hydrogen-bond donors (Lipinski definition) is 2. The number of fused-ring (bicyclic) bond motifs is 1. The number of nitrogens with zero attached hydrogens (tertiary/aromatic N) is 1. The molecule has 0 aliphatic rings. The Morgan fingerprint density at radius 1 is 1.40 bits per heavy atom. The predicted molar refractivity (Wildman–Crippen MR) is 77.7 cm³/mol. The monoisotopic (exact) mass is 276 g/mol. The van der Waals surface area contributed by atoms with Crippen molar-refractivity contribution in [3.05, 3.63) is 36.1 Å². The summed E-state index contributed by atoms with van der Waals surface area (Å²) in [7, 11) is 3.74. The lowest BCUT2D eigenvalue weighted by molar-refractivity contribution is 0.0322. The summed E-state index contributed by atoms with van der Waals surface area (Å²) in [6, 6.07) is 9.15. The van der Waals surface area contributed by atoms with E-state index in [0.29, 0.717) is 12.1 Å². The average molecular weight is 276 g/mol. The van der Waals surface area contributed by atoms with Gasteiger partial charge in [-0.15, -0.1) is 0 Å². The molecule has 1 atom stereocenters. The van der Waals surface area contributed by atoms with Gasteiger partial charge in [0.1, 0.15) is 5.58 Å². The molecule has 0 spiro atoms. The van der Waals surface area contributed by atoms with Crippen LogP contribution in [0.2, 0.25) is 0 Å². The third kappa shape index (κ3) is 3.59. The Kier molecular flexibility index (Phi) is 4.11. The zero-order valence-electron chi connectivity index (χ0n) is 12.0. The maximum atomic E-state index is 12.0. The summed E-state index contributed by atoms with van der Waals surface area (Å²) in [5.74, 6) is -0.0629. The number of likely N-dealkylation sites (N-methyl/N-ethyl adjacent to an activating group) is 1. The topological polar surface area (TPSA) is 65.7 Å². The lowest BCUT2D eigenvalue weighted by Gasteiger charge is -2.26. The lowest BCUT2D eigenvalue weighted by Crippen LogP contribution is -2.47. The van der Waals surface area contributed by atoms with Crippen LogP contribution in [0.3, 0.4) is 0 Å². The molecule has 2 rings (SSSR count). The summed E-state index contributed by atoms with van der Waals surface area (Å²) in [4.78, 5) is 13.9. The molecule has 0 radical (unpaired) electrons. The van der Waals surface area contributed by atoms with E-state index < -0.39 is 5.60 Å². The number of furan rings is 1. The smallest absolute Gasteiger partial charge is 0.287 e. The van der Waals surface area contributed by atoms with Crippen molar-refractivity contribution < 1.29 is 14.3 Å². The van der Waals surface area contributed by atoms with E-state index in [4.69, 9.17) is 4.42 Å². The van der Waals surface area contributed by atoms with Crippen molar-refractivity contribution in [3.63, 3.8) is 0 Å². The molecule has 5 nitrogen and oxygen atoms in total. The number of hydrogen-bond acceptors (Lipinski definition) is 4. The first-order valence-corrected chi connectivity index (χ1v) is 6.51. The third-order valence-corrected chi connectivity index (χ3v) is 2.94. The van der Waals surface area contributed by atoms with E-state index in [9.17, 15) is 9.90 Å². The van der Waals surface area contributed by atoms with Crippen LogP contribution in [-0.2, 0) is 0 Å². The van der Waals surface area contributed by atoms with Crippen LogP contribution in [-0.4, -0.2) is 48.7 Å². The first kappa shape index (κ1) is 14.6. The van der Waals surface area contributed by atoms with Crippen molar-refractivity contribution in [2.75, 3.05) is 27.2 Å². The van der Waals surface area contributed by atoms with Gasteiger partial charge in [-0.1, -0.05) is 18.2 Å². The Bertz CT molecular complexity index is 569. The minimum atomic E-state index is -0.981. The zero-order valence-corrected chi connectivity index (χ0v) is 12.0. The number of carbonyl (C=O) groups is 1. The Morgan fingerprint density at radius 3 is 2.75 bits per heavy atom. The highest BCUT2D eigenvalue weighted by molar-refractivity contribution is 5.96. The first-order valence-electron chi connectivity index (χ1n) is 6.51. The Balaban J connectivity index is 2.01. The van der Waals surface area contributed by atoms with Gasteiger partial charge >= 0.3 is 0 Å². The van der Waals surface area contributed by atoms with Crippen molar-refractivity contribution in [1.82, 2.24) is 10.2 Å². The van der Waals surface area contributed by atoms with Gasteiger partial charge in [-0.3, -0.25) is 4.79 Å². The van der Waals surface area contributed by atoms with Crippen molar-refractivity contribution in [1.29, 1.82) is 0 Å². The standard InChI is InChI=1S/C15H20N2O3/c1-15(19,10-17(2)3)9-16-14(18)13-8-11-6-4-5-7-12(11)20-13/h4-8,19H,9-10H2,1-3H3,(H,16,18). The molecule has 1 amide bonds. The van der Waals surface area contributed by atoms with Gasteiger partial charge in [0, 0.05) is 18.5 Å². The Morgan fingerprint density at radius 2 is 2.10 bits per heavy atom. The Labute approximate surface area is 118 Å². The quantitative estimate of drug-likeness (QED) is 0.868. The molecule has 2 aromatic rings. The number of para-hydroxylation sites is 1. The van der Waals surface area contributed by atoms with Crippen molar-refractivity contribution in [3.8, 4) is 0 Å². The van der Waals surface area contributed by atoms with Gasteiger partial charge < -0.3 is 19.7 Å². The van der Waals surface area contributed by atoms with Gasteiger partial charge in [-0.05, 0) is 33.2 Å². The number of nitrogens with one attached hydrogen (secondary N) is 1. The molecule has 2 N–H and O–H groups in total. The summed E-state index contributed by atoms with van der Waals surface area (Å²) in [5.41, 5.74) is -0.303. The molecular weight excluding hydrogens is 256 g/mol. The number of benzene rings is 1. The summed E-state index contributed by atoms with van der Waals surface area (Å²) in [6.07, 6.45) is 0. The van der Waals surface area contributed by atoms with Gasteiger partial charge in [-0.2, -0.15) is 0 Å². The molecule has 0 saturated heterocycles. The maximum absolute atomic E-state index is 12.0. The highest BCUT2D eigenvalue weighted by Gasteiger charge is 2.23. The van der Waals surface area contributed by atoms with E-state index in [-0.39, 0.29) is 18.2 Å². The van der Waals surface area contributed by atoms with Crippen LogP contribution in [0.5, 0.6) is 0 Å². The maximum Gasteiger partial charge on any atom is 0.287 e. The molecule has 1 aromatic heterocycles. The number of aliphatic hydroxyl groups is 1. The summed E-state index contributed by atoms with van der Waals surface area (Å²) < 4.78 is 5.47. The summed E-state index contributed by atoms with van der Waals surface area (Å²) in [6.45, 7) is 2.32. The molecule has 0 aliphatic heterocycles. The van der Waals surface area contributed by atoms with Gasteiger partial charge in [-0.25, -0.2) is 0 Å². The molecule has 1 aromatic carbocycles. The lowest BCUT2D eigenvalue weighted by atomic mass is 10.1. The number of rotatable bonds is 5. The second-order valence-electron chi connectivity index (χ2n) is 5.57. The third-order valence-electron chi connectivity index (χ3n) is 2.94. The number of carbonyl (C=O) groups excluding carboxylic acids is 1. The van der Waals surface area contributed by atoms with Crippen LogP contribution in [0.4, 0.5) is 0 Å². The minimum absolute atomic E-state index is 0.168. The van der Waals surface area contributed by atoms with E-state index in [1.807, 2.05) is 43.3 Å². The molecule has 1 unspecified atom stereocenters. The largest absolute Gasteiger partial charge is 0.451 e. The fourth-order valence-electron chi connectivity index (χ4n) is 2.19. The summed E-state index contributed by atoms with van der Waals surface area (Å²) in [5, 5.41) is 13.7. The molecular formula is C15H20N2O3. The van der Waals surface area contributed by atoms with E-state index in [1.54, 1.807) is 13.0 Å². The highest BCUT2D eigenvalue weighted by atomic mass is 16.3. The highest BCUT2D eigenvalue weighted by Crippen LogP contribution is 2.18. The fraction of sp³-hybridized carbons (Fsp3) is 0.400. The van der Waals surface area contributed by atoms with Gasteiger partial charge in [0.25, 0.3) is 5.91 Å². The van der Waals surface area contributed by atoms with Crippen LogP contribution in [0.1, 0.15) is 17.5 Å². The minimum Gasteiger partial charge on any atom is -0.451 e. The SMILES string of the molecule is CN(C)CC(C)(O)CNC(=O)c1cc2ccccc2o1. The van der Waals surface area contributed by atoms with E-state index >= 15 is 0 Å². The van der Waals surface area contributed by atoms with Crippen molar-refractivity contribution >= 4 is 16.9 Å². The average Bonchev–Trinajstić information content (AvgIpc) is 2.78. The van der Waals surface area contributed by atoms with Gasteiger partial charge in [0.15, 0.2) is 5.76 Å². The van der Waals surface area contributed by atoms with Crippen LogP contribution in [0.15, 0.2) is 34.7 Å². The molecule has 0 bridgehead atoms.